The van der Waals surface area contributed by atoms with E-state index in [1.807, 2.05) is 0 Å². The number of sulfonamides is 1. The predicted octanol–water partition coefficient (Wildman–Crippen LogP) is 0.0671. The summed E-state index contributed by atoms with van der Waals surface area (Å²) < 4.78 is 25.2. The Kier molecular flexibility index (Phi) is 5.34. The van der Waals surface area contributed by atoms with E-state index in [4.69, 9.17) is 5.73 Å². The molecule has 4 N–H and O–H groups in total. The van der Waals surface area contributed by atoms with Crippen LogP contribution in [-0.4, -0.2) is 45.8 Å². The van der Waals surface area contributed by atoms with Gasteiger partial charge < -0.3 is 16.4 Å². The number of carbonyl (C=O) groups excluding carboxylic acids is 1. The van der Waals surface area contributed by atoms with Crippen LogP contribution in [0.1, 0.15) is 6.92 Å². The molecule has 0 aromatic heterocycles. The van der Waals surface area contributed by atoms with Crippen LogP contribution in [0.3, 0.4) is 0 Å². The maximum atomic E-state index is 12.0. The third-order valence-electron chi connectivity index (χ3n) is 2.62. The third-order valence-corrected chi connectivity index (χ3v) is 4.43. The highest BCUT2D eigenvalue weighted by Crippen LogP contribution is 2.23. The van der Waals surface area contributed by atoms with Gasteiger partial charge in [-0.15, -0.1) is 0 Å². The van der Waals surface area contributed by atoms with E-state index < -0.39 is 10.0 Å². The second-order valence-corrected chi connectivity index (χ2v) is 6.60. The molecule has 0 saturated heterocycles. The second-order valence-electron chi connectivity index (χ2n) is 4.45. The Hall–Kier alpha value is -1.80. The highest BCUT2D eigenvalue weighted by Gasteiger charge is 2.18. The van der Waals surface area contributed by atoms with E-state index in [2.05, 4.69) is 10.6 Å². The lowest BCUT2D eigenvalue weighted by Crippen LogP contribution is -2.26. The molecule has 0 fully saturated rings. The minimum Gasteiger partial charge on any atom is -0.397 e. The lowest BCUT2D eigenvalue weighted by molar-refractivity contribution is -0.118. The number of carbonyl (C=O) groups is 1. The van der Waals surface area contributed by atoms with E-state index in [0.29, 0.717) is 24.5 Å². The van der Waals surface area contributed by atoms with E-state index in [1.54, 1.807) is 0 Å². The van der Waals surface area contributed by atoms with E-state index >= 15 is 0 Å². The highest BCUT2D eigenvalue weighted by atomic mass is 32.2. The number of benzene rings is 1. The van der Waals surface area contributed by atoms with Crippen molar-refractivity contribution in [3.8, 4) is 0 Å². The van der Waals surface area contributed by atoms with Crippen molar-refractivity contribution in [3.63, 3.8) is 0 Å². The van der Waals surface area contributed by atoms with Crippen molar-refractivity contribution in [1.29, 1.82) is 0 Å². The molecule has 0 aliphatic rings. The molecule has 0 aliphatic carbocycles. The Morgan fingerprint density at radius 1 is 1.30 bits per heavy atom. The van der Waals surface area contributed by atoms with Gasteiger partial charge in [-0.3, -0.25) is 4.79 Å². The van der Waals surface area contributed by atoms with Crippen LogP contribution in [0.4, 0.5) is 11.4 Å². The van der Waals surface area contributed by atoms with Crippen LogP contribution in [0, 0.1) is 0 Å². The molecular formula is C12H20N4O3S. The number of nitrogens with one attached hydrogen (secondary N) is 2. The highest BCUT2D eigenvalue weighted by molar-refractivity contribution is 7.89. The monoisotopic (exact) mass is 300 g/mol. The van der Waals surface area contributed by atoms with Gasteiger partial charge in [0.15, 0.2) is 0 Å². The average Bonchev–Trinajstić information content (AvgIpc) is 2.35. The third kappa shape index (κ3) is 4.10. The molecule has 0 aliphatic heterocycles. The van der Waals surface area contributed by atoms with Crippen LogP contribution >= 0.6 is 0 Å². The first-order chi connectivity index (χ1) is 9.25. The second kappa shape index (κ2) is 6.58. The summed E-state index contributed by atoms with van der Waals surface area (Å²) in [4.78, 5) is 10.9. The van der Waals surface area contributed by atoms with Crippen molar-refractivity contribution in [2.45, 2.75) is 11.8 Å². The van der Waals surface area contributed by atoms with Gasteiger partial charge in [-0.1, -0.05) is 0 Å². The zero-order chi connectivity index (χ0) is 15.3. The summed E-state index contributed by atoms with van der Waals surface area (Å²) in [6.07, 6.45) is 0. The van der Waals surface area contributed by atoms with Gasteiger partial charge in [0.2, 0.25) is 15.9 Å². The maximum Gasteiger partial charge on any atom is 0.242 e. The zero-order valence-electron chi connectivity index (χ0n) is 11.8. The molecule has 7 nitrogen and oxygen atoms in total. The van der Waals surface area contributed by atoms with Crippen molar-refractivity contribution in [2.24, 2.45) is 0 Å². The molecule has 0 saturated carbocycles. The van der Waals surface area contributed by atoms with Gasteiger partial charge in [-0.25, -0.2) is 12.7 Å². The van der Waals surface area contributed by atoms with Crippen molar-refractivity contribution in [2.75, 3.05) is 38.2 Å². The molecule has 1 aromatic rings. The SMILES string of the molecule is CC(=O)NCCNc1cc(S(=O)(=O)N(C)C)ccc1N. The molecule has 112 valence electrons. The van der Waals surface area contributed by atoms with Crippen LogP contribution < -0.4 is 16.4 Å². The minimum absolute atomic E-state index is 0.122. The minimum atomic E-state index is -3.49. The topological polar surface area (TPSA) is 105 Å². The molecular weight excluding hydrogens is 280 g/mol. The van der Waals surface area contributed by atoms with Gasteiger partial charge in [-0.05, 0) is 18.2 Å². The van der Waals surface area contributed by atoms with E-state index in [1.165, 1.54) is 39.2 Å². The Morgan fingerprint density at radius 2 is 1.95 bits per heavy atom. The van der Waals surface area contributed by atoms with Crippen LogP contribution in [0.25, 0.3) is 0 Å². The number of nitrogens with two attached hydrogens (primary N) is 1. The quantitative estimate of drug-likeness (QED) is 0.509. The van der Waals surface area contributed by atoms with Crippen molar-refractivity contribution in [1.82, 2.24) is 9.62 Å². The summed E-state index contributed by atoms with van der Waals surface area (Å²) in [6.45, 7) is 2.31. The van der Waals surface area contributed by atoms with Crippen LogP contribution in [0.2, 0.25) is 0 Å². The fourth-order valence-electron chi connectivity index (χ4n) is 1.50. The molecule has 0 unspecified atom stereocenters. The predicted molar refractivity (Wildman–Crippen MR) is 78.9 cm³/mol. The molecule has 20 heavy (non-hydrogen) atoms. The number of hydrogen-bond donors (Lipinski definition) is 3. The largest absolute Gasteiger partial charge is 0.397 e. The number of amides is 1. The van der Waals surface area contributed by atoms with Crippen molar-refractivity contribution in [3.05, 3.63) is 18.2 Å². The van der Waals surface area contributed by atoms with Gasteiger partial charge in [0.25, 0.3) is 0 Å². The molecule has 1 amide bonds. The van der Waals surface area contributed by atoms with Crippen LogP contribution in [-0.2, 0) is 14.8 Å². The normalized spacial score (nSPS) is 11.4. The summed E-state index contributed by atoms with van der Waals surface area (Å²) in [5.41, 5.74) is 6.77. The number of rotatable bonds is 6. The number of nitrogens with zero attached hydrogens (tertiary/aromatic N) is 1. The molecule has 0 radical (unpaired) electrons. The zero-order valence-corrected chi connectivity index (χ0v) is 12.6. The number of nitrogen functional groups attached to an aromatic ring is 1. The Bertz CT molecular complexity index is 584. The Labute approximate surface area is 119 Å². The summed E-state index contributed by atoms with van der Waals surface area (Å²) in [6, 6.07) is 4.49. The Morgan fingerprint density at radius 3 is 2.50 bits per heavy atom. The molecule has 0 atom stereocenters. The fraction of sp³-hybridized carbons (Fsp3) is 0.417. The van der Waals surface area contributed by atoms with Crippen molar-refractivity contribution >= 4 is 27.3 Å². The Balaban J connectivity index is 2.85. The smallest absolute Gasteiger partial charge is 0.242 e. The van der Waals surface area contributed by atoms with Gasteiger partial charge in [-0.2, -0.15) is 0 Å². The van der Waals surface area contributed by atoms with E-state index in [0.717, 1.165) is 4.31 Å². The number of anilines is 2. The van der Waals surface area contributed by atoms with Crippen LogP contribution in [0.5, 0.6) is 0 Å². The molecule has 1 aromatic carbocycles. The fourth-order valence-corrected chi connectivity index (χ4v) is 2.42. The first-order valence-corrected chi connectivity index (χ1v) is 7.49. The van der Waals surface area contributed by atoms with E-state index in [9.17, 15) is 13.2 Å². The molecule has 8 heteroatoms. The molecule has 0 spiro atoms. The van der Waals surface area contributed by atoms with Gasteiger partial charge in [0, 0.05) is 34.1 Å². The van der Waals surface area contributed by atoms with Crippen molar-refractivity contribution < 1.29 is 13.2 Å². The van der Waals surface area contributed by atoms with Gasteiger partial charge >= 0.3 is 0 Å². The first-order valence-electron chi connectivity index (χ1n) is 6.05. The van der Waals surface area contributed by atoms with Gasteiger partial charge in [0.05, 0.1) is 16.3 Å². The lowest BCUT2D eigenvalue weighted by Gasteiger charge is -2.14. The molecule has 1 rings (SSSR count). The molecule has 0 bridgehead atoms. The standard InChI is InChI=1S/C12H20N4O3S/c1-9(17)14-6-7-15-12-8-10(4-5-11(12)13)20(18,19)16(2)3/h4-5,8,15H,6-7,13H2,1-3H3,(H,14,17). The van der Waals surface area contributed by atoms with Crippen LogP contribution in [0.15, 0.2) is 23.1 Å². The first kappa shape index (κ1) is 16.3. The number of hydrogen-bond acceptors (Lipinski definition) is 5. The summed E-state index contributed by atoms with van der Waals surface area (Å²) in [5.74, 6) is -0.122. The average molecular weight is 300 g/mol. The summed E-state index contributed by atoms with van der Waals surface area (Å²) in [5, 5.41) is 5.63. The van der Waals surface area contributed by atoms with Gasteiger partial charge in [0.1, 0.15) is 0 Å². The molecule has 0 heterocycles. The maximum absolute atomic E-state index is 12.0. The lowest BCUT2D eigenvalue weighted by atomic mass is 10.2. The summed E-state index contributed by atoms with van der Waals surface area (Å²) in [7, 11) is -0.556. The summed E-state index contributed by atoms with van der Waals surface area (Å²) >= 11 is 0. The van der Waals surface area contributed by atoms with E-state index in [-0.39, 0.29) is 10.8 Å².